The summed E-state index contributed by atoms with van der Waals surface area (Å²) in [6.45, 7) is 3.42. The van der Waals surface area contributed by atoms with E-state index in [0.717, 1.165) is 44.7 Å². The molecule has 4 rings (SSSR count). The molecule has 3 unspecified atom stereocenters. The van der Waals surface area contributed by atoms with E-state index in [1.165, 1.54) is 17.9 Å². The Kier molecular flexibility index (Phi) is 4.23. The molecule has 0 bridgehead atoms. The van der Waals surface area contributed by atoms with E-state index in [1.54, 1.807) is 0 Å². The Morgan fingerprint density at radius 2 is 1.96 bits per heavy atom. The van der Waals surface area contributed by atoms with E-state index in [2.05, 4.69) is 0 Å². The first kappa shape index (κ1) is 15.0. The van der Waals surface area contributed by atoms with Gasteiger partial charge in [-0.25, -0.2) is 9.63 Å². The predicted molar refractivity (Wildman–Crippen MR) is 85.3 cm³/mol. The zero-order valence-corrected chi connectivity index (χ0v) is 13.4. The standard InChI is InChI=1S/C18H24N2O3/c21-18(20-17(23-20)14-6-2-1-3-7-14)19-10-5-4-8-15(12-19)16-9-11-22-13-16/h1-3,6-7,15-17H,4-5,8-13H2. The highest BCUT2D eigenvalue weighted by molar-refractivity contribution is 5.75. The predicted octanol–water partition coefficient (Wildman–Crippen LogP) is 3.19. The van der Waals surface area contributed by atoms with Gasteiger partial charge in [0, 0.05) is 31.9 Å². The van der Waals surface area contributed by atoms with Crippen LogP contribution in [-0.2, 0) is 9.57 Å². The number of amides is 2. The van der Waals surface area contributed by atoms with E-state index in [-0.39, 0.29) is 12.3 Å². The van der Waals surface area contributed by atoms with Gasteiger partial charge in [0.25, 0.3) is 0 Å². The quantitative estimate of drug-likeness (QED) is 0.787. The van der Waals surface area contributed by atoms with Crippen molar-refractivity contribution in [2.75, 3.05) is 26.3 Å². The van der Waals surface area contributed by atoms with Crippen LogP contribution in [0.4, 0.5) is 4.79 Å². The van der Waals surface area contributed by atoms with Crippen molar-refractivity contribution in [3.63, 3.8) is 0 Å². The first-order chi connectivity index (χ1) is 11.3. The van der Waals surface area contributed by atoms with E-state index in [4.69, 9.17) is 9.57 Å². The molecule has 124 valence electrons. The molecule has 0 spiro atoms. The lowest BCUT2D eigenvalue weighted by Crippen LogP contribution is -2.39. The summed E-state index contributed by atoms with van der Waals surface area (Å²) in [6.07, 6.45) is 4.42. The van der Waals surface area contributed by atoms with Crippen LogP contribution in [0.15, 0.2) is 30.3 Å². The molecule has 3 heterocycles. The van der Waals surface area contributed by atoms with E-state index in [0.29, 0.717) is 11.8 Å². The van der Waals surface area contributed by atoms with Crippen LogP contribution >= 0.6 is 0 Å². The van der Waals surface area contributed by atoms with Crippen LogP contribution in [-0.4, -0.2) is 42.3 Å². The van der Waals surface area contributed by atoms with Gasteiger partial charge in [-0.3, -0.25) is 0 Å². The molecule has 0 aliphatic carbocycles. The fourth-order valence-corrected chi connectivity index (χ4v) is 3.84. The Morgan fingerprint density at radius 3 is 2.74 bits per heavy atom. The maximum atomic E-state index is 12.8. The highest BCUT2D eigenvalue weighted by Crippen LogP contribution is 2.39. The van der Waals surface area contributed by atoms with Crippen molar-refractivity contribution in [3.05, 3.63) is 35.9 Å². The zero-order valence-electron chi connectivity index (χ0n) is 13.4. The molecule has 0 radical (unpaired) electrons. The second-order valence-electron chi connectivity index (χ2n) is 6.80. The fourth-order valence-electron chi connectivity index (χ4n) is 3.84. The summed E-state index contributed by atoms with van der Waals surface area (Å²) in [6, 6.07) is 9.94. The summed E-state index contributed by atoms with van der Waals surface area (Å²) >= 11 is 0. The molecule has 3 fully saturated rings. The van der Waals surface area contributed by atoms with Gasteiger partial charge in [0.05, 0.1) is 0 Å². The Labute approximate surface area is 137 Å². The normalized spacial score (nSPS) is 31.0. The third-order valence-electron chi connectivity index (χ3n) is 5.26. The van der Waals surface area contributed by atoms with Crippen molar-refractivity contribution in [1.29, 1.82) is 0 Å². The number of hydrogen-bond acceptors (Lipinski definition) is 3. The summed E-state index contributed by atoms with van der Waals surface area (Å²) in [5, 5.41) is 1.52. The van der Waals surface area contributed by atoms with Crippen molar-refractivity contribution in [1.82, 2.24) is 9.96 Å². The van der Waals surface area contributed by atoms with Crippen LogP contribution in [0.5, 0.6) is 0 Å². The van der Waals surface area contributed by atoms with Gasteiger partial charge in [-0.15, -0.1) is 0 Å². The van der Waals surface area contributed by atoms with Crippen LogP contribution < -0.4 is 0 Å². The molecule has 23 heavy (non-hydrogen) atoms. The topological polar surface area (TPSA) is 45.1 Å². The molecule has 0 saturated carbocycles. The number of carbonyl (C=O) groups excluding carboxylic acids is 1. The van der Waals surface area contributed by atoms with Gasteiger partial charge in [0.15, 0.2) is 0 Å². The SMILES string of the molecule is O=C(N1CCCCC(C2CCOC2)C1)N1OC1c1ccccc1. The van der Waals surface area contributed by atoms with Gasteiger partial charge >= 0.3 is 6.03 Å². The number of hydrogen-bond donors (Lipinski definition) is 0. The van der Waals surface area contributed by atoms with Crippen molar-refractivity contribution in [2.24, 2.45) is 11.8 Å². The Balaban J connectivity index is 1.39. The Morgan fingerprint density at radius 1 is 1.09 bits per heavy atom. The zero-order chi connectivity index (χ0) is 15.6. The minimum absolute atomic E-state index is 0.0182. The number of benzene rings is 1. The van der Waals surface area contributed by atoms with Crippen LogP contribution in [0.1, 0.15) is 37.5 Å². The molecule has 5 nitrogen and oxygen atoms in total. The molecule has 5 heteroatoms. The maximum Gasteiger partial charge on any atom is 0.346 e. The smallest absolute Gasteiger partial charge is 0.346 e. The lowest BCUT2D eigenvalue weighted by molar-refractivity contribution is 0.123. The first-order valence-electron chi connectivity index (χ1n) is 8.70. The number of nitrogens with zero attached hydrogens (tertiary/aromatic N) is 2. The molecule has 0 N–H and O–H groups in total. The summed E-state index contributed by atoms with van der Waals surface area (Å²) in [7, 11) is 0. The Hall–Kier alpha value is -1.59. The highest BCUT2D eigenvalue weighted by atomic mass is 16.8. The fraction of sp³-hybridized carbons (Fsp3) is 0.611. The van der Waals surface area contributed by atoms with Crippen molar-refractivity contribution < 1.29 is 14.4 Å². The van der Waals surface area contributed by atoms with Gasteiger partial charge in [-0.1, -0.05) is 36.8 Å². The summed E-state index contributed by atoms with van der Waals surface area (Å²) in [5.74, 6) is 1.18. The van der Waals surface area contributed by atoms with Crippen LogP contribution in [0, 0.1) is 11.8 Å². The molecular formula is C18H24N2O3. The van der Waals surface area contributed by atoms with Gasteiger partial charge in [0.1, 0.15) is 0 Å². The second-order valence-corrected chi connectivity index (χ2v) is 6.80. The third kappa shape index (κ3) is 3.21. The molecule has 1 aromatic rings. The first-order valence-corrected chi connectivity index (χ1v) is 8.70. The molecular weight excluding hydrogens is 292 g/mol. The molecule has 3 aliphatic heterocycles. The average Bonchev–Trinajstić information content (AvgIpc) is 3.29. The lowest BCUT2D eigenvalue weighted by atomic mass is 9.88. The lowest BCUT2D eigenvalue weighted by Gasteiger charge is -2.27. The van der Waals surface area contributed by atoms with E-state index < -0.39 is 0 Å². The van der Waals surface area contributed by atoms with Crippen LogP contribution in [0.3, 0.4) is 0 Å². The van der Waals surface area contributed by atoms with E-state index >= 15 is 0 Å². The highest BCUT2D eigenvalue weighted by Gasteiger charge is 2.45. The largest absolute Gasteiger partial charge is 0.381 e. The minimum Gasteiger partial charge on any atom is -0.381 e. The summed E-state index contributed by atoms with van der Waals surface area (Å²) < 4.78 is 5.54. The number of carbonyl (C=O) groups is 1. The minimum atomic E-state index is -0.208. The van der Waals surface area contributed by atoms with Gasteiger partial charge < -0.3 is 9.64 Å². The molecule has 2 amide bonds. The van der Waals surface area contributed by atoms with Crippen LogP contribution in [0.2, 0.25) is 0 Å². The maximum absolute atomic E-state index is 12.8. The number of urea groups is 1. The summed E-state index contributed by atoms with van der Waals surface area (Å²) in [4.78, 5) is 20.3. The number of hydroxylamine groups is 2. The molecule has 3 saturated heterocycles. The monoisotopic (exact) mass is 316 g/mol. The van der Waals surface area contributed by atoms with E-state index in [9.17, 15) is 4.79 Å². The average molecular weight is 316 g/mol. The van der Waals surface area contributed by atoms with E-state index in [1.807, 2.05) is 35.2 Å². The summed E-state index contributed by atoms with van der Waals surface area (Å²) in [5.41, 5.74) is 1.04. The number of likely N-dealkylation sites (tertiary alicyclic amines) is 1. The Bertz CT molecular complexity index is 544. The second kappa shape index (κ2) is 6.49. The number of ether oxygens (including phenoxy) is 1. The van der Waals surface area contributed by atoms with Gasteiger partial charge in [0.2, 0.25) is 6.23 Å². The molecule has 1 aromatic carbocycles. The number of rotatable bonds is 2. The van der Waals surface area contributed by atoms with Gasteiger partial charge in [-0.05, 0) is 31.1 Å². The van der Waals surface area contributed by atoms with Crippen molar-refractivity contribution in [2.45, 2.75) is 31.9 Å². The van der Waals surface area contributed by atoms with Gasteiger partial charge in [-0.2, -0.15) is 5.06 Å². The molecule has 3 aliphatic rings. The van der Waals surface area contributed by atoms with Crippen LogP contribution in [0.25, 0.3) is 0 Å². The molecule has 3 atom stereocenters. The van der Waals surface area contributed by atoms with Crippen molar-refractivity contribution in [3.8, 4) is 0 Å². The third-order valence-corrected chi connectivity index (χ3v) is 5.26. The molecule has 0 aromatic heterocycles. The van der Waals surface area contributed by atoms with Crippen molar-refractivity contribution >= 4 is 6.03 Å².